The smallest absolute Gasteiger partial charge is 0.239 e. The van der Waals surface area contributed by atoms with Gasteiger partial charge >= 0.3 is 0 Å². The molecule has 1 aliphatic rings. The van der Waals surface area contributed by atoms with Crippen molar-refractivity contribution >= 4 is 5.91 Å². The summed E-state index contributed by atoms with van der Waals surface area (Å²) in [6, 6.07) is 6.05. The Morgan fingerprint density at radius 1 is 1.45 bits per heavy atom. The van der Waals surface area contributed by atoms with Crippen molar-refractivity contribution in [2.75, 3.05) is 13.2 Å². The summed E-state index contributed by atoms with van der Waals surface area (Å²) < 4.78 is 6.00. The summed E-state index contributed by atoms with van der Waals surface area (Å²) in [6.45, 7) is 9.38. The number of aryl methyl sites for hydroxylation is 2. The molecule has 3 unspecified atom stereocenters. The molecule has 1 aromatic rings. The molecule has 1 saturated heterocycles. The van der Waals surface area contributed by atoms with E-state index in [1.165, 1.54) is 16.7 Å². The molecule has 1 aromatic carbocycles. The number of carbonyl (C=O) groups is 1. The Kier molecular flexibility index (Phi) is 5.59. The zero-order valence-corrected chi connectivity index (χ0v) is 14.1. The van der Waals surface area contributed by atoms with Gasteiger partial charge in [-0.1, -0.05) is 37.1 Å². The molecular formula is C18H28N2O2. The van der Waals surface area contributed by atoms with E-state index in [1.54, 1.807) is 0 Å². The maximum atomic E-state index is 12.6. The minimum Gasteiger partial charge on any atom is -0.370 e. The number of carbonyl (C=O) groups excluding carboxylic acids is 1. The summed E-state index contributed by atoms with van der Waals surface area (Å²) >= 11 is 0. The van der Waals surface area contributed by atoms with E-state index in [0.29, 0.717) is 13.2 Å². The van der Waals surface area contributed by atoms with E-state index in [1.807, 2.05) is 11.8 Å². The topological polar surface area (TPSA) is 55.6 Å². The minimum atomic E-state index is -0.398. The molecule has 1 heterocycles. The largest absolute Gasteiger partial charge is 0.370 e. The number of rotatable bonds is 4. The van der Waals surface area contributed by atoms with Crippen LogP contribution in [0.25, 0.3) is 0 Å². The van der Waals surface area contributed by atoms with Gasteiger partial charge in [0.2, 0.25) is 5.91 Å². The van der Waals surface area contributed by atoms with Crippen LogP contribution in [0.3, 0.4) is 0 Å². The second-order valence-electron chi connectivity index (χ2n) is 6.42. The number of ether oxygens (including phenoxy) is 1. The molecular weight excluding hydrogens is 276 g/mol. The molecule has 4 nitrogen and oxygen atoms in total. The Balaban J connectivity index is 2.17. The van der Waals surface area contributed by atoms with Crippen LogP contribution in [0.2, 0.25) is 0 Å². The molecule has 0 saturated carbocycles. The lowest BCUT2D eigenvalue weighted by Gasteiger charge is -2.39. The average molecular weight is 304 g/mol. The van der Waals surface area contributed by atoms with Crippen LogP contribution in [0.5, 0.6) is 0 Å². The van der Waals surface area contributed by atoms with Crippen LogP contribution in [0.4, 0.5) is 0 Å². The molecule has 0 bridgehead atoms. The molecule has 2 N–H and O–H groups in total. The predicted molar refractivity (Wildman–Crippen MR) is 88.7 cm³/mol. The lowest BCUT2D eigenvalue weighted by atomic mass is 9.98. The van der Waals surface area contributed by atoms with E-state index < -0.39 is 6.04 Å². The monoisotopic (exact) mass is 304 g/mol. The first-order valence-corrected chi connectivity index (χ1v) is 8.18. The van der Waals surface area contributed by atoms with Gasteiger partial charge < -0.3 is 15.4 Å². The fraction of sp³-hybridized carbons (Fsp3) is 0.611. The van der Waals surface area contributed by atoms with E-state index in [4.69, 9.17) is 10.5 Å². The fourth-order valence-corrected chi connectivity index (χ4v) is 3.01. The van der Waals surface area contributed by atoms with Gasteiger partial charge in [-0.3, -0.25) is 4.79 Å². The van der Waals surface area contributed by atoms with Crippen molar-refractivity contribution in [2.45, 2.75) is 58.7 Å². The van der Waals surface area contributed by atoms with Crippen molar-refractivity contribution < 1.29 is 9.53 Å². The molecule has 2 rings (SSSR count). The lowest BCUT2D eigenvalue weighted by Crippen LogP contribution is -2.53. The van der Waals surface area contributed by atoms with Crippen LogP contribution in [0.15, 0.2) is 18.2 Å². The molecule has 4 heteroatoms. The van der Waals surface area contributed by atoms with Gasteiger partial charge in [-0.05, 0) is 38.3 Å². The summed E-state index contributed by atoms with van der Waals surface area (Å²) in [5, 5.41) is 0. The van der Waals surface area contributed by atoms with E-state index >= 15 is 0 Å². The Labute approximate surface area is 133 Å². The van der Waals surface area contributed by atoms with Gasteiger partial charge in [-0.2, -0.15) is 0 Å². The van der Waals surface area contributed by atoms with Gasteiger partial charge in [-0.25, -0.2) is 0 Å². The third-order valence-corrected chi connectivity index (χ3v) is 4.41. The fourth-order valence-electron chi connectivity index (χ4n) is 3.01. The highest BCUT2D eigenvalue weighted by molar-refractivity contribution is 5.82. The Bertz CT molecular complexity index is 530. The molecule has 22 heavy (non-hydrogen) atoms. The van der Waals surface area contributed by atoms with Gasteiger partial charge in [0.05, 0.1) is 25.2 Å². The molecule has 0 aromatic heterocycles. The highest BCUT2D eigenvalue weighted by atomic mass is 16.5. The Morgan fingerprint density at radius 3 is 2.86 bits per heavy atom. The normalized spacial score (nSPS) is 23.4. The van der Waals surface area contributed by atoms with Crippen LogP contribution >= 0.6 is 0 Å². The van der Waals surface area contributed by atoms with Gasteiger partial charge in [0.25, 0.3) is 0 Å². The van der Waals surface area contributed by atoms with E-state index in [2.05, 4.69) is 39.0 Å². The zero-order valence-electron chi connectivity index (χ0n) is 14.1. The number of hydrogen-bond acceptors (Lipinski definition) is 3. The second-order valence-corrected chi connectivity index (χ2v) is 6.42. The second kappa shape index (κ2) is 7.25. The standard InChI is InChI=1S/C18H28N2O2/c1-5-6-16(19)18(21)20-10-17(22-11-14(20)4)15-9-12(2)7-8-13(15)3/h7-9,14,16-17H,5-6,10-11,19H2,1-4H3. The molecule has 0 radical (unpaired) electrons. The van der Waals surface area contributed by atoms with Crippen LogP contribution in [-0.4, -0.2) is 36.0 Å². The van der Waals surface area contributed by atoms with Crippen molar-refractivity contribution in [3.05, 3.63) is 34.9 Å². The highest BCUT2D eigenvalue weighted by Gasteiger charge is 2.33. The highest BCUT2D eigenvalue weighted by Crippen LogP contribution is 2.28. The molecule has 1 aliphatic heterocycles. The first kappa shape index (κ1) is 17.0. The molecule has 3 atom stereocenters. The minimum absolute atomic E-state index is 0.0490. The van der Waals surface area contributed by atoms with Crippen LogP contribution in [0.1, 0.15) is 49.5 Å². The maximum Gasteiger partial charge on any atom is 0.239 e. The number of morpholine rings is 1. The zero-order chi connectivity index (χ0) is 16.3. The predicted octanol–water partition coefficient (Wildman–Crippen LogP) is 2.72. The summed E-state index contributed by atoms with van der Waals surface area (Å²) in [5.74, 6) is 0.0490. The molecule has 1 amide bonds. The van der Waals surface area contributed by atoms with Crippen molar-refractivity contribution in [3.8, 4) is 0 Å². The van der Waals surface area contributed by atoms with E-state index in [-0.39, 0.29) is 18.1 Å². The van der Waals surface area contributed by atoms with Crippen LogP contribution < -0.4 is 5.73 Å². The first-order chi connectivity index (χ1) is 10.4. The third-order valence-electron chi connectivity index (χ3n) is 4.41. The Hall–Kier alpha value is -1.39. The SMILES string of the molecule is CCCC(N)C(=O)N1CC(c2cc(C)ccc2C)OCC1C. The molecule has 122 valence electrons. The molecule has 1 fully saturated rings. The number of nitrogens with two attached hydrogens (primary N) is 1. The summed E-state index contributed by atoms with van der Waals surface area (Å²) in [4.78, 5) is 14.5. The van der Waals surface area contributed by atoms with Crippen molar-refractivity contribution in [1.29, 1.82) is 0 Å². The average Bonchev–Trinajstić information content (AvgIpc) is 2.50. The van der Waals surface area contributed by atoms with Crippen molar-refractivity contribution in [1.82, 2.24) is 4.90 Å². The van der Waals surface area contributed by atoms with Gasteiger partial charge in [0.1, 0.15) is 6.10 Å². The van der Waals surface area contributed by atoms with Crippen LogP contribution in [-0.2, 0) is 9.53 Å². The molecule has 0 spiro atoms. The van der Waals surface area contributed by atoms with Gasteiger partial charge in [0.15, 0.2) is 0 Å². The number of amides is 1. The Morgan fingerprint density at radius 2 is 2.18 bits per heavy atom. The summed E-state index contributed by atoms with van der Waals surface area (Å²) in [6.07, 6.45) is 1.59. The third kappa shape index (κ3) is 3.68. The molecule has 0 aliphatic carbocycles. The van der Waals surface area contributed by atoms with Gasteiger partial charge in [-0.15, -0.1) is 0 Å². The van der Waals surface area contributed by atoms with E-state index in [9.17, 15) is 4.79 Å². The van der Waals surface area contributed by atoms with Crippen molar-refractivity contribution in [3.63, 3.8) is 0 Å². The van der Waals surface area contributed by atoms with Crippen LogP contribution in [0, 0.1) is 13.8 Å². The number of nitrogens with zero attached hydrogens (tertiary/aromatic N) is 1. The quantitative estimate of drug-likeness (QED) is 0.930. The summed E-state index contributed by atoms with van der Waals surface area (Å²) in [5.41, 5.74) is 9.62. The first-order valence-electron chi connectivity index (χ1n) is 8.18. The van der Waals surface area contributed by atoms with Gasteiger partial charge in [0, 0.05) is 0 Å². The van der Waals surface area contributed by atoms with Crippen molar-refractivity contribution in [2.24, 2.45) is 5.73 Å². The van der Waals surface area contributed by atoms with E-state index in [0.717, 1.165) is 12.8 Å². The maximum absolute atomic E-state index is 12.6. The lowest BCUT2D eigenvalue weighted by molar-refractivity contribution is -0.146. The number of benzene rings is 1. The number of hydrogen-bond donors (Lipinski definition) is 1. The summed E-state index contributed by atoms with van der Waals surface area (Å²) in [7, 11) is 0.